The summed E-state index contributed by atoms with van der Waals surface area (Å²) in [6, 6.07) is 3.78. The Morgan fingerprint density at radius 2 is 1.93 bits per heavy atom. The molecule has 1 aromatic carbocycles. The highest BCUT2D eigenvalue weighted by Gasteiger charge is 2.17. The summed E-state index contributed by atoms with van der Waals surface area (Å²) < 4.78 is 22.1. The highest BCUT2D eigenvalue weighted by atomic mass is 35.7. The van der Waals surface area contributed by atoms with Crippen LogP contribution in [0.15, 0.2) is 23.1 Å². The number of benzene rings is 1. The predicted molar refractivity (Wildman–Crippen MR) is 59.5 cm³/mol. The maximum Gasteiger partial charge on any atom is 0.262 e. The summed E-state index contributed by atoms with van der Waals surface area (Å²) >= 11 is 10.9. The summed E-state index contributed by atoms with van der Waals surface area (Å²) in [5.41, 5.74) is 0.161. The Balaban J connectivity index is 3.36. The fourth-order valence-corrected chi connectivity index (χ4v) is 2.59. The lowest BCUT2D eigenvalue weighted by Crippen LogP contribution is -2.02. The van der Waals surface area contributed by atoms with Crippen LogP contribution in [0.1, 0.15) is 10.4 Å². The second-order valence-electron chi connectivity index (χ2n) is 2.64. The number of carbonyl (C=O) groups is 1. The predicted octanol–water partition coefficient (Wildman–Crippen LogP) is 2.69. The number of halogens is 3. The van der Waals surface area contributed by atoms with E-state index in [0.717, 1.165) is 6.07 Å². The molecule has 0 heterocycles. The van der Waals surface area contributed by atoms with Crippen molar-refractivity contribution in [3.63, 3.8) is 0 Å². The number of Topliss-reactive ketones (excluding diaryl/α,β-unsaturated/α-hetero) is 1. The van der Waals surface area contributed by atoms with Crippen molar-refractivity contribution in [2.45, 2.75) is 4.90 Å². The van der Waals surface area contributed by atoms with E-state index in [1.165, 1.54) is 12.1 Å². The van der Waals surface area contributed by atoms with Gasteiger partial charge >= 0.3 is 0 Å². The van der Waals surface area contributed by atoms with E-state index < -0.39 is 14.8 Å². The van der Waals surface area contributed by atoms with E-state index in [4.69, 9.17) is 33.9 Å². The first kappa shape index (κ1) is 12.8. The smallest absolute Gasteiger partial charge is 0.262 e. The third kappa shape index (κ3) is 3.08. The highest BCUT2D eigenvalue weighted by Crippen LogP contribution is 2.25. The standard InChI is InChI=1S/C8H5Cl3O3S/c9-4-7(12)5-1-2-6(10)8(3-5)15(11,13)14/h1-3H,4H2. The number of ketones is 1. The minimum atomic E-state index is -3.95. The molecule has 0 aliphatic rings. The zero-order valence-electron chi connectivity index (χ0n) is 7.21. The normalized spacial score (nSPS) is 11.4. The van der Waals surface area contributed by atoms with Gasteiger partial charge in [-0.25, -0.2) is 8.42 Å². The highest BCUT2D eigenvalue weighted by molar-refractivity contribution is 8.13. The van der Waals surface area contributed by atoms with Gasteiger partial charge in [0, 0.05) is 16.2 Å². The van der Waals surface area contributed by atoms with E-state index in [9.17, 15) is 13.2 Å². The Labute approximate surface area is 101 Å². The molecule has 0 saturated carbocycles. The summed E-state index contributed by atoms with van der Waals surface area (Å²) in [4.78, 5) is 10.9. The van der Waals surface area contributed by atoms with Crippen LogP contribution in [0.5, 0.6) is 0 Å². The van der Waals surface area contributed by atoms with E-state index in [-0.39, 0.29) is 21.4 Å². The van der Waals surface area contributed by atoms with Crippen LogP contribution in [0.3, 0.4) is 0 Å². The summed E-state index contributed by atoms with van der Waals surface area (Å²) in [7, 11) is 1.17. The molecule has 1 aromatic rings. The van der Waals surface area contributed by atoms with Crippen LogP contribution >= 0.6 is 33.9 Å². The first-order valence-electron chi connectivity index (χ1n) is 3.69. The molecule has 82 valence electrons. The van der Waals surface area contributed by atoms with Crippen molar-refractivity contribution >= 4 is 48.7 Å². The maximum absolute atomic E-state index is 11.2. The molecular formula is C8H5Cl3O3S. The average Bonchev–Trinajstić information content (AvgIpc) is 2.15. The van der Waals surface area contributed by atoms with Crippen molar-refractivity contribution in [1.82, 2.24) is 0 Å². The van der Waals surface area contributed by atoms with Crippen LogP contribution in [-0.2, 0) is 9.05 Å². The fraction of sp³-hybridized carbons (Fsp3) is 0.125. The second kappa shape index (κ2) is 4.70. The van der Waals surface area contributed by atoms with E-state index in [0.29, 0.717) is 0 Å². The zero-order chi connectivity index (χ0) is 11.6. The lowest BCUT2D eigenvalue weighted by Gasteiger charge is -2.02. The number of rotatable bonds is 3. The lowest BCUT2D eigenvalue weighted by atomic mass is 10.1. The SMILES string of the molecule is O=C(CCl)c1ccc(Cl)c(S(=O)(=O)Cl)c1. The Morgan fingerprint density at radius 1 is 1.33 bits per heavy atom. The van der Waals surface area contributed by atoms with Crippen LogP contribution in [0.2, 0.25) is 5.02 Å². The number of alkyl halides is 1. The molecule has 0 bridgehead atoms. The molecule has 0 fully saturated rings. The lowest BCUT2D eigenvalue weighted by molar-refractivity contribution is 0.102. The zero-order valence-corrected chi connectivity index (χ0v) is 10.3. The molecule has 3 nitrogen and oxygen atoms in total. The van der Waals surface area contributed by atoms with Crippen molar-refractivity contribution in [2.24, 2.45) is 0 Å². The average molecular weight is 288 g/mol. The molecule has 7 heteroatoms. The minimum Gasteiger partial charge on any atom is -0.293 e. The van der Waals surface area contributed by atoms with Crippen LogP contribution in [0, 0.1) is 0 Å². The molecule has 0 spiro atoms. The molecule has 0 N–H and O–H groups in total. The Morgan fingerprint density at radius 3 is 2.40 bits per heavy atom. The van der Waals surface area contributed by atoms with Crippen LogP contribution in [0.25, 0.3) is 0 Å². The Kier molecular flexibility index (Phi) is 4.00. The molecule has 0 atom stereocenters. The van der Waals surface area contributed by atoms with Gasteiger partial charge in [0.25, 0.3) is 9.05 Å². The molecular weight excluding hydrogens is 283 g/mol. The number of carbonyl (C=O) groups excluding carboxylic acids is 1. The fourth-order valence-electron chi connectivity index (χ4n) is 0.941. The Hall–Kier alpha value is -0.290. The molecule has 0 radical (unpaired) electrons. The summed E-state index contributed by atoms with van der Waals surface area (Å²) in [6.45, 7) is 0. The molecule has 15 heavy (non-hydrogen) atoms. The van der Waals surface area contributed by atoms with Crippen molar-refractivity contribution in [1.29, 1.82) is 0 Å². The summed E-state index contributed by atoms with van der Waals surface area (Å²) in [5.74, 6) is -0.626. The first-order valence-corrected chi connectivity index (χ1v) is 6.92. The van der Waals surface area contributed by atoms with Gasteiger partial charge < -0.3 is 0 Å². The van der Waals surface area contributed by atoms with Crippen molar-refractivity contribution < 1.29 is 13.2 Å². The van der Waals surface area contributed by atoms with Crippen LogP contribution < -0.4 is 0 Å². The van der Waals surface area contributed by atoms with Gasteiger partial charge in [-0.3, -0.25) is 4.79 Å². The van der Waals surface area contributed by atoms with E-state index in [1.807, 2.05) is 0 Å². The number of hydrogen-bond donors (Lipinski definition) is 0. The Bertz CT molecular complexity index is 496. The van der Waals surface area contributed by atoms with Gasteiger partial charge in [-0.1, -0.05) is 11.6 Å². The van der Waals surface area contributed by atoms with Crippen LogP contribution in [0.4, 0.5) is 0 Å². The van der Waals surface area contributed by atoms with Gasteiger partial charge in [0.15, 0.2) is 5.78 Å². The molecule has 0 aliphatic carbocycles. The third-order valence-corrected chi connectivity index (χ3v) is 3.68. The van der Waals surface area contributed by atoms with Gasteiger partial charge in [-0.15, -0.1) is 11.6 Å². The molecule has 0 saturated heterocycles. The van der Waals surface area contributed by atoms with Crippen molar-refractivity contribution in [3.05, 3.63) is 28.8 Å². The quantitative estimate of drug-likeness (QED) is 0.488. The summed E-state index contributed by atoms with van der Waals surface area (Å²) in [6.07, 6.45) is 0. The van der Waals surface area contributed by atoms with E-state index in [1.54, 1.807) is 0 Å². The monoisotopic (exact) mass is 286 g/mol. The molecule has 0 aliphatic heterocycles. The van der Waals surface area contributed by atoms with E-state index >= 15 is 0 Å². The summed E-state index contributed by atoms with van der Waals surface area (Å²) in [5, 5.41) is -0.0314. The largest absolute Gasteiger partial charge is 0.293 e. The molecule has 0 aromatic heterocycles. The third-order valence-electron chi connectivity index (χ3n) is 1.64. The van der Waals surface area contributed by atoms with Crippen molar-refractivity contribution in [3.8, 4) is 0 Å². The van der Waals surface area contributed by atoms with Gasteiger partial charge in [0.2, 0.25) is 0 Å². The first-order chi connectivity index (χ1) is 6.86. The molecule has 0 amide bonds. The minimum absolute atomic E-state index is 0.0314. The van der Waals surface area contributed by atoms with E-state index in [2.05, 4.69) is 0 Å². The van der Waals surface area contributed by atoms with Crippen LogP contribution in [-0.4, -0.2) is 20.1 Å². The molecule has 1 rings (SSSR count). The topological polar surface area (TPSA) is 51.2 Å². The molecule has 0 unspecified atom stereocenters. The van der Waals surface area contributed by atoms with Gasteiger partial charge in [0.05, 0.1) is 10.9 Å². The van der Waals surface area contributed by atoms with Gasteiger partial charge in [-0.05, 0) is 18.2 Å². The second-order valence-corrected chi connectivity index (χ2v) is 5.85. The maximum atomic E-state index is 11.2. The van der Waals surface area contributed by atoms with Gasteiger partial charge in [-0.2, -0.15) is 0 Å². The van der Waals surface area contributed by atoms with Crippen molar-refractivity contribution in [2.75, 3.05) is 5.88 Å². The van der Waals surface area contributed by atoms with Gasteiger partial charge in [0.1, 0.15) is 4.90 Å². The number of hydrogen-bond acceptors (Lipinski definition) is 3.